The van der Waals surface area contributed by atoms with Gasteiger partial charge < -0.3 is 8.37 Å². The predicted molar refractivity (Wildman–Crippen MR) is 48.6 cm³/mol. The van der Waals surface area contributed by atoms with E-state index >= 15 is 0 Å². The molecule has 12 heavy (non-hydrogen) atoms. The molecule has 0 amide bonds. The molecule has 0 fully saturated rings. The van der Waals surface area contributed by atoms with Crippen molar-refractivity contribution in [2.24, 2.45) is 0 Å². The Labute approximate surface area is 81.8 Å². The van der Waals surface area contributed by atoms with E-state index in [0.29, 0.717) is 12.8 Å². The van der Waals surface area contributed by atoms with Gasteiger partial charge in [-0.2, -0.15) is 0 Å². The van der Waals surface area contributed by atoms with Gasteiger partial charge in [-0.15, -0.1) is 0 Å². The van der Waals surface area contributed by atoms with E-state index in [1.54, 1.807) is 0 Å². The average molecular weight is 210 g/mol. The summed E-state index contributed by atoms with van der Waals surface area (Å²) in [5.41, 5.74) is 0. The third-order valence-electron chi connectivity index (χ3n) is 1.22. The van der Waals surface area contributed by atoms with E-state index in [2.05, 4.69) is 34.2 Å². The van der Waals surface area contributed by atoms with Gasteiger partial charge in [0.2, 0.25) is 0 Å². The van der Waals surface area contributed by atoms with Crippen molar-refractivity contribution in [2.45, 2.75) is 25.7 Å². The molecule has 0 saturated heterocycles. The zero-order valence-electron chi connectivity index (χ0n) is 6.36. The van der Waals surface area contributed by atoms with Gasteiger partial charge in [0.15, 0.2) is 0 Å². The molecule has 0 aromatic rings. The zero-order valence-corrected chi connectivity index (χ0v) is 8.14. The number of thiol groups is 2. The first-order valence-corrected chi connectivity index (χ1v) is 4.12. The fourth-order valence-corrected chi connectivity index (χ4v) is 0.813. The molecular formula is C6H10O4S2. The van der Waals surface area contributed by atoms with E-state index in [1.807, 2.05) is 0 Å². The van der Waals surface area contributed by atoms with Crippen molar-refractivity contribution in [3.8, 4) is 0 Å². The van der Waals surface area contributed by atoms with Crippen LogP contribution in [0.25, 0.3) is 0 Å². The first-order valence-electron chi connectivity index (χ1n) is 3.39. The third-order valence-corrected chi connectivity index (χ3v) is 1.62. The second-order valence-electron chi connectivity index (χ2n) is 2.13. The van der Waals surface area contributed by atoms with Gasteiger partial charge in [-0.05, 0) is 12.8 Å². The molecule has 0 saturated carbocycles. The summed E-state index contributed by atoms with van der Waals surface area (Å²) in [6, 6.07) is 0. The van der Waals surface area contributed by atoms with Gasteiger partial charge in [0.05, 0.1) is 0 Å². The molecule has 0 unspecified atom stereocenters. The van der Waals surface area contributed by atoms with Crippen molar-refractivity contribution in [1.29, 1.82) is 0 Å². The van der Waals surface area contributed by atoms with Gasteiger partial charge in [0.1, 0.15) is 0 Å². The molecular weight excluding hydrogens is 200 g/mol. The quantitative estimate of drug-likeness (QED) is 0.408. The van der Waals surface area contributed by atoms with Crippen LogP contribution >= 0.6 is 25.8 Å². The number of carbonyl (C=O) groups excluding carboxylic acids is 2. The van der Waals surface area contributed by atoms with Crippen LogP contribution in [0.5, 0.6) is 0 Å². The van der Waals surface area contributed by atoms with E-state index in [1.165, 1.54) is 0 Å². The molecule has 0 spiro atoms. The maximum atomic E-state index is 10.5. The maximum absolute atomic E-state index is 10.5. The predicted octanol–water partition coefficient (Wildman–Crippen LogP) is 1.32. The molecule has 0 heterocycles. The Morgan fingerprint density at radius 1 is 0.917 bits per heavy atom. The van der Waals surface area contributed by atoms with Crippen LogP contribution in [0.1, 0.15) is 25.7 Å². The highest BCUT2D eigenvalue weighted by Gasteiger charge is 2.03. The van der Waals surface area contributed by atoms with Gasteiger partial charge in [0.25, 0.3) is 0 Å². The van der Waals surface area contributed by atoms with Crippen LogP contribution in [-0.2, 0) is 18.0 Å². The number of hydrogen-bond acceptors (Lipinski definition) is 6. The Morgan fingerprint density at radius 2 is 1.25 bits per heavy atom. The molecule has 0 aromatic heterocycles. The lowest BCUT2D eigenvalue weighted by Gasteiger charge is -1.97. The van der Waals surface area contributed by atoms with Crippen LogP contribution < -0.4 is 0 Å². The highest BCUT2D eigenvalue weighted by molar-refractivity contribution is 7.75. The molecule has 0 aliphatic rings. The molecule has 0 atom stereocenters. The standard InChI is InChI=1S/C6H10O4S2/c7-5(9-11)3-1-2-4-6(8)10-12/h11-12H,1-4H2. The Hall–Kier alpha value is -0.360. The monoisotopic (exact) mass is 210 g/mol. The lowest BCUT2D eigenvalue weighted by atomic mass is 10.2. The lowest BCUT2D eigenvalue weighted by molar-refractivity contribution is -0.135. The van der Waals surface area contributed by atoms with E-state index < -0.39 is 11.9 Å². The number of hydrogen-bond donors (Lipinski definition) is 2. The Bertz CT molecular complexity index is 142. The summed E-state index contributed by atoms with van der Waals surface area (Å²) in [5, 5.41) is 0. The van der Waals surface area contributed by atoms with E-state index in [4.69, 9.17) is 0 Å². The first-order chi connectivity index (χ1) is 5.70. The molecule has 0 aliphatic carbocycles. The number of rotatable bonds is 5. The summed E-state index contributed by atoms with van der Waals surface area (Å²) in [6.07, 6.45) is 1.71. The molecule has 0 radical (unpaired) electrons. The third kappa shape index (κ3) is 6.36. The van der Waals surface area contributed by atoms with Crippen LogP contribution in [0.3, 0.4) is 0 Å². The molecule has 6 heteroatoms. The maximum Gasteiger partial charge on any atom is 0.317 e. The molecule has 0 aromatic carbocycles. The van der Waals surface area contributed by atoms with Gasteiger partial charge in [-0.3, -0.25) is 9.59 Å². The minimum atomic E-state index is -0.391. The van der Waals surface area contributed by atoms with E-state index in [-0.39, 0.29) is 12.8 Å². The van der Waals surface area contributed by atoms with Gasteiger partial charge in [-0.25, -0.2) is 0 Å². The fraction of sp³-hybridized carbons (Fsp3) is 0.667. The SMILES string of the molecule is O=C(CCCCC(=O)OS)OS. The van der Waals surface area contributed by atoms with Crippen LogP contribution in [-0.4, -0.2) is 11.9 Å². The minimum Gasteiger partial charge on any atom is -0.395 e. The molecule has 0 bridgehead atoms. The summed E-state index contributed by atoms with van der Waals surface area (Å²) in [7, 11) is 0. The topological polar surface area (TPSA) is 52.6 Å². The Kier molecular flexibility index (Phi) is 7.08. The van der Waals surface area contributed by atoms with Gasteiger partial charge >= 0.3 is 11.9 Å². The van der Waals surface area contributed by atoms with Crippen molar-refractivity contribution in [1.82, 2.24) is 0 Å². The summed E-state index contributed by atoms with van der Waals surface area (Å²) in [4.78, 5) is 21.0. The van der Waals surface area contributed by atoms with Crippen LogP contribution in [0, 0.1) is 0 Å². The molecule has 0 aliphatic heterocycles. The molecule has 4 nitrogen and oxygen atoms in total. The van der Waals surface area contributed by atoms with Gasteiger partial charge in [0, 0.05) is 38.7 Å². The largest absolute Gasteiger partial charge is 0.395 e. The smallest absolute Gasteiger partial charge is 0.317 e. The average Bonchev–Trinajstić information content (AvgIpc) is 2.11. The fourth-order valence-electron chi connectivity index (χ4n) is 0.630. The van der Waals surface area contributed by atoms with Crippen LogP contribution in [0.2, 0.25) is 0 Å². The summed E-state index contributed by atoms with van der Waals surface area (Å²) in [5.74, 6) is -0.782. The first kappa shape index (κ1) is 11.6. The number of carbonyl (C=O) groups is 2. The van der Waals surface area contributed by atoms with Crippen LogP contribution in [0.15, 0.2) is 0 Å². The van der Waals surface area contributed by atoms with E-state index in [0.717, 1.165) is 0 Å². The molecule has 70 valence electrons. The van der Waals surface area contributed by atoms with Crippen molar-refractivity contribution in [3.63, 3.8) is 0 Å². The highest BCUT2D eigenvalue weighted by atomic mass is 32.1. The van der Waals surface area contributed by atoms with Crippen LogP contribution in [0.4, 0.5) is 0 Å². The number of unbranched alkanes of at least 4 members (excludes halogenated alkanes) is 1. The summed E-state index contributed by atoms with van der Waals surface area (Å²) >= 11 is 6.65. The summed E-state index contributed by atoms with van der Waals surface area (Å²) in [6.45, 7) is 0. The molecule has 0 rings (SSSR count). The second kappa shape index (κ2) is 7.30. The highest BCUT2D eigenvalue weighted by Crippen LogP contribution is 2.03. The van der Waals surface area contributed by atoms with Crippen molar-refractivity contribution >= 4 is 37.8 Å². The molecule has 0 N–H and O–H groups in total. The normalized spacial score (nSPS) is 9.17. The lowest BCUT2D eigenvalue weighted by Crippen LogP contribution is -1.99. The van der Waals surface area contributed by atoms with Gasteiger partial charge in [-0.1, -0.05) is 0 Å². The summed E-state index contributed by atoms with van der Waals surface area (Å²) < 4.78 is 8.22. The Balaban J connectivity index is 3.21. The van der Waals surface area contributed by atoms with E-state index in [9.17, 15) is 9.59 Å². The van der Waals surface area contributed by atoms with Crippen molar-refractivity contribution < 1.29 is 18.0 Å². The second-order valence-corrected chi connectivity index (χ2v) is 2.50. The Morgan fingerprint density at radius 3 is 1.50 bits per heavy atom. The van der Waals surface area contributed by atoms with Crippen molar-refractivity contribution in [3.05, 3.63) is 0 Å². The minimum absolute atomic E-state index is 0.267. The zero-order chi connectivity index (χ0) is 9.40. The van der Waals surface area contributed by atoms with Crippen molar-refractivity contribution in [2.75, 3.05) is 0 Å².